The van der Waals surface area contributed by atoms with Gasteiger partial charge in [-0.25, -0.2) is 18.4 Å². The summed E-state index contributed by atoms with van der Waals surface area (Å²) < 4.78 is 27.2. The van der Waals surface area contributed by atoms with E-state index in [1.54, 1.807) is 12.7 Å². The zero-order chi connectivity index (χ0) is 19.0. The van der Waals surface area contributed by atoms with E-state index in [4.69, 9.17) is 0 Å². The van der Waals surface area contributed by atoms with Crippen molar-refractivity contribution in [2.45, 2.75) is 37.2 Å². The van der Waals surface area contributed by atoms with Crippen LogP contribution in [0.5, 0.6) is 0 Å². The van der Waals surface area contributed by atoms with Gasteiger partial charge in [-0.05, 0) is 48.2 Å². The number of aromatic amines is 2. The van der Waals surface area contributed by atoms with Crippen molar-refractivity contribution in [3.63, 3.8) is 0 Å². The molecular weight excluding hydrogens is 360 g/mol. The molecule has 2 aromatic carbocycles. The van der Waals surface area contributed by atoms with Gasteiger partial charge in [-0.2, -0.15) is 0 Å². The molecule has 6 nitrogen and oxygen atoms in total. The topological polar surface area (TPSA) is 91.5 Å². The number of H-pyrrole nitrogens is 2. The Morgan fingerprint density at radius 1 is 0.815 bits per heavy atom. The minimum Gasteiger partial charge on any atom is -0.345 e. The van der Waals surface area contributed by atoms with Crippen molar-refractivity contribution in [2.75, 3.05) is 0 Å². The van der Waals surface area contributed by atoms with E-state index in [1.165, 1.54) is 0 Å². The molecule has 0 aliphatic rings. The summed E-state index contributed by atoms with van der Waals surface area (Å²) in [4.78, 5) is 14.6. The first-order chi connectivity index (χ1) is 13.0. The second kappa shape index (κ2) is 6.81. The molecule has 7 heteroatoms. The van der Waals surface area contributed by atoms with Crippen molar-refractivity contribution in [1.29, 1.82) is 0 Å². The third-order valence-electron chi connectivity index (χ3n) is 5.17. The lowest BCUT2D eigenvalue weighted by Gasteiger charge is -2.24. The van der Waals surface area contributed by atoms with Gasteiger partial charge in [0.05, 0.1) is 45.2 Å². The Morgan fingerprint density at radius 3 is 1.67 bits per heavy atom. The number of nitrogens with zero attached hydrogens (tertiary/aromatic N) is 2. The highest BCUT2D eigenvalue weighted by atomic mass is 32.2. The molecule has 0 aliphatic carbocycles. The molecule has 2 atom stereocenters. The predicted molar refractivity (Wildman–Crippen MR) is 107 cm³/mol. The maximum absolute atomic E-state index is 13.6. The average Bonchev–Trinajstić information content (AvgIpc) is 3.30. The molecule has 0 radical (unpaired) electrons. The number of benzene rings is 2. The lowest BCUT2D eigenvalue weighted by atomic mass is 10.1. The first-order valence-corrected chi connectivity index (χ1v) is 10.7. The van der Waals surface area contributed by atoms with E-state index in [0.717, 1.165) is 33.2 Å². The van der Waals surface area contributed by atoms with Crippen LogP contribution in [-0.2, 0) is 9.84 Å². The van der Waals surface area contributed by atoms with Crippen LogP contribution in [0.4, 0.5) is 0 Å². The number of rotatable bonds is 6. The molecule has 0 spiro atoms. The Kier molecular flexibility index (Phi) is 4.47. The third-order valence-corrected chi connectivity index (χ3v) is 7.96. The quantitative estimate of drug-likeness (QED) is 0.515. The minimum absolute atomic E-state index is 0.519. The molecule has 140 valence electrons. The Morgan fingerprint density at radius 2 is 1.26 bits per heavy atom. The van der Waals surface area contributed by atoms with E-state index in [0.29, 0.717) is 12.8 Å². The lowest BCUT2D eigenvalue weighted by Crippen LogP contribution is -2.20. The first kappa shape index (κ1) is 17.7. The molecule has 27 heavy (non-hydrogen) atoms. The van der Waals surface area contributed by atoms with Gasteiger partial charge in [-0.15, -0.1) is 0 Å². The van der Waals surface area contributed by atoms with E-state index in [2.05, 4.69) is 19.9 Å². The van der Waals surface area contributed by atoms with Gasteiger partial charge < -0.3 is 9.97 Å². The molecular formula is C20H22N4O2S. The molecule has 2 unspecified atom stereocenters. The standard InChI is InChI=1S/C20H22N4O2S/c1-3-19(13-5-7-15-17(9-13)23-11-21-15)27(25,26)20(4-2)14-6-8-16-18(10-14)24-12-22-16/h5-12,19-20H,3-4H2,1-2H3,(H,21,23)(H,22,24). The molecule has 0 saturated carbocycles. The number of imidazole rings is 2. The number of nitrogens with one attached hydrogen (secondary N) is 2. The summed E-state index contributed by atoms with van der Waals surface area (Å²) in [7, 11) is -3.44. The van der Waals surface area contributed by atoms with Gasteiger partial charge in [0.15, 0.2) is 9.84 Å². The van der Waals surface area contributed by atoms with Gasteiger partial charge in [0.2, 0.25) is 0 Å². The predicted octanol–water partition coefficient (Wildman–Crippen LogP) is 4.46. The molecule has 2 N–H and O–H groups in total. The largest absolute Gasteiger partial charge is 0.345 e. The Labute approximate surface area is 158 Å². The molecule has 2 aromatic heterocycles. The Bertz CT molecular complexity index is 1100. The number of sulfone groups is 1. The van der Waals surface area contributed by atoms with Gasteiger partial charge in [-0.3, -0.25) is 0 Å². The van der Waals surface area contributed by atoms with Crippen LogP contribution < -0.4 is 0 Å². The summed E-state index contributed by atoms with van der Waals surface area (Å²) in [6.45, 7) is 3.84. The monoisotopic (exact) mass is 382 g/mol. The number of hydrogen-bond acceptors (Lipinski definition) is 4. The van der Waals surface area contributed by atoms with Crippen LogP contribution in [0.25, 0.3) is 22.1 Å². The van der Waals surface area contributed by atoms with Crippen molar-refractivity contribution in [1.82, 2.24) is 19.9 Å². The van der Waals surface area contributed by atoms with Crippen molar-refractivity contribution in [2.24, 2.45) is 0 Å². The highest BCUT2D eigenvalue weighted by Crippen LogP contribution is 2.39. The van der Waals surface area contributed by atoms with Crippen LogP contribution in [0.3, 0.4) is 0 Å². The molecule has 0 amide bonds. The summed E-state index contributed by atoms with van der Waals surface area (Å²) in [5.41, 5.74) is 4.98. The second-order valence-corrected chi connectivity index (χ2v) is 9.06. The van der Waals surface area contributed by atoms with Crippen LogP contribution >= 0.6 is 0 Å². The fourth-order valence-corrected chi connectivity index (χ4v) is 6.20. The highest BCUT2D eigenvalue weighted by Gasteiger charge is 2.34. The number of aromatic nitrogens is 4. The van der Waals surface area contributed by atoms with E-state index in [-0.39, 0.29) is 0 Å². The van der Waals surface area contributed by atoms with Gasteiger partial charge in [0.25, 0.3) is 0 Å². The first-order valence-electron chi connectivity index (χ1n) is 9.13. The summed E-state index contributed by atoms with van der Waals surface area (Å²) in [5.74, 6) is 0. The number of hydrogen-bond donors (Lipinski definition) is 2. The van der Waals surface area contributed by atoms with Gasteiger partial charge in [-0.1, -0.05) is 26.0 Å². The molecule has 0 fully saturated rings. The highest BCUT2D eigenvalue weighted by molar-refractivity contribution is 7.91. The average molecular weight is 382 g/mol. The Balaban J connectivity index is 1.77. The summed E-state index contributed by atoms with van der Waals surface area (Å²) in [6, 6.07) is 11.3. The smallest absolute Gasteiger partial charge is 0.164 e. The summed E-state index contributed by atoms with van der Waals surface area (Å²) >= 11 is 0. The minimum atomic E-state index is -3.44. The van der Waals surface area contributed by atoms with E-state index in [1.807, 2.05) is 50.2 Å². The van der Waals surface area contributed by atoms with Crippen molar-refractivity contribution in [3.05, 3.63) is 60.2 Å². The number of fused-ring (bicyclic) bond motifs is 2. The van der Waals surface area contributed by atoms with Crippen LogP contribution in [0, 0.1) is 0 Å². The fourth-order valence-electron chi connectivity index (χ4n) is 3.82. The van der Waals surface area contributed by atoms with Crippen molar-refractivity contribution < 1.29 is 8.42 Å². The fraction of sp³-hybridized carbons (Fsp3) is 0.300. The summed E-state index contributed by atoms with van der Waals surface area (Å²) in [5, 5.41) is -1.12. The molecule has 2 heterocycles. The third kappa shape index (κ3) is 3.02. The molecule has 0 aliphatic heterocycles. The van der Waals surface area contributed by atoms with Gasteiger partial charge in [0.1, 0.15) is 0 Å². The van der Waals surface area contributed by atoms with Crippen LogP contribution in [0.2, 0.25) is 0 Å². The molecule has 0 bridgehead atoms. The zero-order valence-electron chi connectivity index (χ0n) is 15.3. The maximum atomic E-state index is 13.6. The molecule has 4 aromatic rings. The van der Waals surface area contributed by atoms with Crippen LogP contribution in [0.1, 0.15) is 48.3 Å². The van der Waals surface area contributed by atoms with Crippen LogP contribution in [0.15, 0.2) is 49.1 Å². The normalized spacial score (nSPS) is 14.6. The van der Waals surface area contributed by atoms with Gasteiger partial charge in [0, 0.05) is 0 Å². The lowest BCUT2D eigenvalue weighted by molar-refractivity contribution is 0.562. The van der Waals surface area contributed by atoms with E-state index >= 15 is 0 Å². The van der Waals surface area contributed by atoms with E-state index in [9.17, 15) is 8.42 Å². The second-order valence-electron chi connectivity index (χ2n) is 6.74. The van der Waals surface area contributed by atoms with Crippen LogP contribution in [-0.4, -0.2) is 28.4 Å². The molecule has 4 rings (SSSR count). The van der Waals surface area contributed by atoms with Crippen molar-refractivity contribution in [3.8, 4) is 0 Å². The summed E-state index contributed by atoms with van der Waals surface area (Å²) in [6.07, 6.45) is 4.28. The zero-order valence-corrected chi connectivity index (χ0v) is 16.1. The maximum Gasteiger partial charge on any atom is 0.164 e. The van der Waals surface area contributed by atoms with Gasteiger partial charge >= 0.3 is 0 Å². The Hall–Kier alpha value is -2.67. The SMILES string of the molecule is CCC(c1ccc2nc[nH]c2c1)S(=O)(=O)C(CC)c1ccc2nc[nH]c2c1. The molecule has 0 saturated heterocycles. The van der Waals surface area contributed by atoms with E-state index < -0.39 is 20.3 Å². The van der Waals surface area contributed by atoms with Crippen molar-refractivity contribution >= 4 is 31.9 Å².